The van der Waals surface area contributed by atoms with Gasteiger partial charge in [-0.15, -0.1) is 0 Å². The van der Waals surface area contributed by atoms with Gasteiger partial charge in [-0.05, 0) is 6.07 Å². The molecule has 1 rings (SSSR count). The Morgan fingerprint density at radius 2 is 1.62 bits per heavy atom. The maximum Gasteiger partial charge on any atom is 0.305 e. The highest BCUT2D eigenvalue weighted by atomic mass is 79.9. The van der Waals surface area contributed by atoms with E-state index >= 15 is 0 Å². The number of benzene rings is 1. The molecule has 0 bridgehead atoms. The maximum atomic E-state index is 10.9. The van der Waals surface area contributed by atoms with Crippen molar-refractivity contribution in [3.63, 3.8) is 0 Å². The highest BCUT2D eigenvalue weighted by Crippen LogP contribution is 2.27. The molecule has 0 radical (unpaired) electrons. The van der Waals surface area contributed by atoms with Crippen molar-refractivity contribution in [2.45, 2.75) is 20.1 Å². The third kappa shape index (κ3) is 3.66. The summed E-state index contributed by atoms with van der Waals surface area (Å²) in [7, 11) is 0. The zero-order valence-electron chi connectivity index (χ0n) is 8.90. The Balaban J connectivity index is 2.96. The van der Waals surface area contributed by atoms with E-state index in [4.69, 9.17) is 9.47 Å². The van der Waals surface area contributed by atoms with Crippen LogP contribution in [0, 0.1) is 0 Å². The number of halogens is 1. The van der Waals surface area contributed by atoms with Crippen LogP contribution < -0.4 is 0 Å². The summed E-state index contributed by atoms with van der Waals surface area (Å²) in [5, 5.41) is 0. The molecule has 86 valence electrons. The highest BCUT2D eigenvalue weighted by molar-refractivity contribution is 9.10. The van der Waals surface area contributed by atoms with Gasteiger partial charge in [0.05, 0.1) is 0 Å². The minimum absolute atomic E-state index is 0.512. The van der Waals surface area contributed by atoms with Crippen LogP contribution >= 0.6 is 15.9 Å². The first kappa shape index (κ1) is 12.7. The van der Waals surface area contributed by atoms with Crippen LogP contribution in [0.4, 0.5) is 0 Å². The van der Waals surface area contributed by atoms with E-state index in [1.807, 2.05) is 6.07 Å². The lowest BCUT2D eigenvalue weighted by Crippen LogP contribution is -2.15. The van der Waals surface area contributed by atoms with Crippen molar-refractivity contribution in [1.82, 2.24) is 0 Å². The Bertz CT molecular complexity index is 387. The summed E-state index contributed by atoms with van der Waals surface area (Å²) < 4.78 is 10.5. The van der Waals surface area contributed by atoms with Gasteiger partial charge in [0.25, 0.3) is 6.29 Å². The summed E-state index contributed by atoms with van der Waals surface area (Å²) in [6, 6.07) is 7.06. The summed E-state index contributed by atoms with van der Waals surface area (Å²) in [5.74, 6) is -1.02. The monoisotopic (exact) mass is 286 g/mol. The van der Waals surface area contributed by atoms with E-state index in [2.05, 4.69) is 15.9 Å². The molecule has 5 heteroatoms. The number of rotatable bonds is 3. The molecule has 0 unspecified atom stereocenters. The van der Waals surface area contributed by atoms with Crippen molar-refractivity contribution >= 4 is 27.9 Å². The van der Waals surface area contributed by atoms with Crippen molar-refractivity contribution in [1.29, 1.82) is 0 Å². The van der Waals surface area contributed by atoms with Crippen LogP contribution in [0.1, 0.15) is 25.7 Å². The SMILES string of the molecule is CC(=O)OC(OC(C)=O)c1ccccc1Br. The van der Waals surface area contributed by atoms with Crippen molar-refractivity contribution in [2.24, 2.45) is 0 Å². The molecule has 0 saturated heterocycles. The summed E-state index contributed by atoms with van der Waals surface area (Å²) in [6.07, 6.45) is -1.01. The van der Waals surface area contributed by atoms with E-state index in [9.17, 15) is 9.59 Å². The minimum Gasteiger partial charge on any atom is -0.421 e. The third-order valence-electron chi connectivity index (χ3n) is 1.71. The first-order valence-electron chi connectivity index (χ1n) is 4.59. The Labute approximate surface area is 102 Å². The van der Waals surface area contributed by atoms with Crippen LogP contribution in [0.2, 0.25) is 0 Å². The Hall–Kier alpha value is -1.36. The molecule has 0 saturated carbocycles. The zero-order valence-corrected chi connectivity index (χ0v) is 10.5. The Kier molecular flexibility index (Phi) is 4.49. The molecule has 1 aromatic rings. The smallest absolute Gasteiger partial charge is 0.305 e. The van der Waals surface area contributed by atoms with Gasteiger partial charge >= 0.3 is 11.9 Å². The summed E-state index contributed by atoms with van der Waals surface area (Å²) >= 11 is 3.29. The van der Waals surface area contributed by atoms with Crippen LogP contribution in [-0.4, -0.2) is 11.9 Å². The van der Waals surface area contributed by atoms with Gasteiger partial charge in [0.15, 0.2) is 0 Å². The van der Waals surface area contributed by atoms with Gasteiger partial charge in [0, 0.05) is 23.9 Å². The fourth-order valence-corrected chi connectivity index (χ4v) is 1.59. The van der Waals surface area contributed by atoms with E-state index in [0.717, 1.165) is 0 Å². The van der Waals surface area contributed by atoms with Gasteiger partial charge in [-0.1, -0.05) is 34.1 Å². The summed E-state index contributed by atoms with van der Waals surface area (Å²) in [6.45, 7) is 2.51. The lowest BCUT2D eigenvalue weighted by molar-refractivity contribution is -0.186. The van der Waals surface area contributed by atoms with E-state index in [0.29, 0.717) is 10.0 Å². The first-order valence-corrected chi connectivity index (χ1v) is 5.39. The standard InChI is InChI=1S/C11H11BrO4/c1-7(13)15-11(16-8(2)14)9-5-3-4-6-10(9)12/h3-6,11H,1-2H3. The summed E-state index contributed by atoms with van der Waals surface area (Å²) in [5.41, 5.74) is 0.591. The Morgan fingerprint density at radius 3 is 2.06 bits per heavy atom. The van der Waals surface area contributed by atoms with Gasteiger partial charge in [0.2, 0.25) is 0 Å². The predicted octanol–water partition coefficient (Wildman–Crippen LogP) is 2.57. The molecular weight excluding hydrogens is 276 g/mol. The number of hydrogen-bond acceptors (Lipinski definition) is 4. The molecular formula is C11H11BrO4. The van der Waals surface area contributed by atoms with Gasteiger partial charge in [0.1, 0.15) is 0 Å². The van der Waals surface area contributed by atoms with Gasteiger partial charge in [-0.3, -0.25) is 9.59 Å². The van der Waals surface area contributed by atoms with Crippen molar-refractivity contribution in [3.8, 4) is 0 Å². The predicted molar refractivity (Wildman–Crippen MR) is 60.4 cm³/mol. The molecule has 0 fully saturated rings. The van der Waals surface area contributed by atoms with E-state index in [1.165, 1.54) is 13.8 Å². The first-order chi connectivity index (χ1) is 7.50. The van der Waals surface area contributed by atoms with Crippen LogP contribution in [-0.2, 0) is 19.1 Å². The molecule has 0 amide bonds. The largest absolute Gasteiger partial charge is 0.421 e. The summed E-state index contributed by atoms with van der Waals surface area (Å²) in [4.78, 5) is 21.8. The molecule has 0 atom stereocenters. The molecule has 0 aromatic heterocycles. The normalized spacial score (nSPS) is 10.0. The third-order valence-corrected chi connectivity index (χ3v) is 2.43. The minimum atomic E-state index is -1.01. The second kappa shape index (κ2) is 5.65. The fourth-order valence-electron chi connectivity index (χ4n) is 1.12. The lowest BCUT2D eigenvalue weighted by Gasteiger charge is -2.17. The molecule has 0 N–H and O–H groups in total. The topological polar surface area (TPSA) is 52.6 Å². The van der Waals surface area contributed by atoms with E-state index in [-0.39, 0.29) is 0 Å². The lowest BCUT2D eigenvalue weighted by atomic mass is 10.2. The Morgan fingerprint density at radius 1 is 1.12 bits per heavy atom. The van der Waals surface area contributed by atoms with Crippen molar-refractivity contribution in [2.75, 3.05) is 0 Å². The average Bonchev–Trinajstić information content (AvgIpc) is 2.15. The van der Waals surface area contributed by atoms with Crippen LogP contribution in [0.5, 0.6) is 0 Å². The molecule has 0 spiro atoms. The zero-order chi connectivity index (χ0) is 12.1. The average molecular weight is 287 g/mol. The van der Waals surface area contributed by atoms with Gasteiger partial charge < -0.3 is 9.47 Å². The van der Waals surface area contributed by atoms with Crippen LogP contribution in [0.3, 0.4) is 0 Å². The molecule has 4 nitrogen and oxygen atoms in total. The number of carbonyl (C=O) groups is 2. The van der Waals surface area contributed by atoms with Crippen LogP contribution in [0.25, 0.3) is 0 Å². The highest BCUT2D eigenvalue weighted by Gasteiger charge is 2.19. The van der Waals surface area contributed by atoms with Crippen LogP contribution in [0.15, 0.2) is 28.7 Å². The van der Waals surface area contributed by atoms with E-state index < -0.39 is 18.2 Å². The quantitative estimate of drug-likeness (QED) is 0.633. The molecule has 0 aliphatic rings. The fraction of sp³-hybridized carbons (Fsp3) is 0.273. The molecule has 0 aliphatic carbocycles. The molecule has 1 aromatic carbocycles. The number of carbonyl (C=O) groups excluding carboxylic acids is 2. The number of ether oxygens (including phenoxy) is 2. The maximum absolute atomic E-state index is 10.9. The second-order valence-corrected chi connectivity index (χ2v) is 3.93. The number of esters is 2. The van der Waals surface area contributed by atoms with Crippen molar-refractivity contribution in [3.05, 3.63) is 34.3 Å². The molecule has 0 aliphatic heterocycles. The van der Waals surface area contributed by atoms with Gasteiger partial charge in [-0.2, -0.15) is 0 Å². The second-order valence-electron chi connectivity index (χ2n) is 3.07. The van der Waals surface area contributed by atoms with E-state index in [1.54, 1.807) is 18.2 Å². The number of hydrogen-bond donors (Lipinski definition) is 0. The van der Waals surface area contributed by atoms with Crippen molar-refractivity contribution < 1.29 is 19.1 Å². The molecule has 0 heterocycles. The van der Waals surface area contributed by atoms with Gasteiger partial charge in [-0.25, -0.2) is 0 Å². The molecule has 16 heavy (non-hydrogen) atoms.